The fraction of sp³-hybridized carbons (Fsp3) is 0.500. The van der Waals surface area contributed by atoms with Crippen LogP contribution in [0.4, 0.5) is 13.2 Å². The highest BCUT2D eigenvalue weighted by molar-refractivity contribution is 5.76. The number of carbonyl (C=O) groups excluding carboxylic acids is 1. The number of halogens is 3. The van der Waals surface area contributed by atoms with Crippen LogP contribution in [0.1, 0.15) is 31.4 Å². The second-order valence-electron chi connectivity index (χ2n) is 5.34. The summed E-state index contributed by atoms with van der Waals surface area (Å²) in [5.74, 6) is -0.272. The van der Waals surface area contributed by atoms with Crippen molar-refractivity contribution in [1.29, 1.82) is 5.26 Å². The van der Waals surface area contributed by atoms with Crippen LogP contribution in [0, 0.1) is 11.3 Å². The summed E-state index contributed by atoms with van der Waals surface area (Å²) in [5, 5.41) is 8.76. The van der Waals surface area contributed by atoms with E-state index in [0.29, 0.717) is 12.1 Å². The largest absolute Gasteiger partial charge is 0.411 e. The van der Waals surface area contributed by atoms with Crippen LogP contribution < -0.4 is 0 Å². The van der Waals surface area contributed by atoms with Crippen molar-refractivity contribution in [2.24, 2.45) is 0 Å². The lowest BCUT2D eigenvalue weighted by atomic mass is 10.1. The fourth-order valence-electron chi connectivity index (χ4n) is 1.93. The highest BCUT2D eigenvalue weighted by Gasteiger charge is 2.27. The molecule has 0 N–H and O–H groups in total. The molecular weight excluding hydrogens is 309 g/mol. The SMILES string of the molecule is CC(C)N(Cc1ccc(C#N)cc1)C(=O)CCOCC(F)(F)F. The molecule has 1 aromatic rings. The number of nitriles is 1. The van der Waals surface area contributed by atoms with Gasteiger partial charge in [-0.25, -0.2) is 0 Å². The molecule has 0 aliphatic carbocycles. The van der Waals surface area contributed by atoms with Gasteiger partial charge in [0.15, 0.2) is 0 Å². The standard InChI is InChI=1S/C16H19F3N2O2/c1-12(2)21(10-14-5-3-13(9-20)4-6-14)15(22)7-8-23-11-16(17,18)19/h3-6,12H,7-8,10-11H2,1-2H3. The second-order valence-corrected chi connectivity index (χ2v) is 5.34. The lowest BCUT2D eigenvalue weighted by molar-refractivity contribution is -0.175. The summed E-state index contributed by atoms with van der Waals surface area (Å²) in [6.07, 6.45) is -4.49. The molecule has 0 spiro atoms. The first kappa shape index (κ1) is 19.0. The Balaban J connectivity index is 2.56. The van der Waals surface area contributed by atoms with Crippen LogP contribution in [0.25, 0.3) is 0 Å². The number of ether oxygens (including phenoxy) is 1. The third-order valence-corrected chi connectivity index (χ3v) is 3.11. The minimum atomic E-state index is -4.39. The van der Waals surface area contributed by atoms with Crippen LogP contribution in [-0.4, -0.2) is 36.2 Å². The Morgan fingerprint density at radius 2 is 1.91 bits per heavy atom. The van der Waals surface area contributed by atoms with Crippen LogP contribution in [-0.2, 0) is 16.1 Å². The average Bonchev–Trinajstić information content (AvgIpc) is 2.48. The van der Waals surface area contributed by atoms with Gasteiger partial charge >= 0.3 is 6.18 Å². The fourth-order valence-corrected chi connectivity index (χ4v) is 1.93. The molecule has 0 radical (unpaired) electrons. The summed E-state index contributed by atoms with van der Waals surface area (Å²) < 4.78 is 40.4. The molecule has 0 atom stereocenters. The van der Waals surface area contributed by atoms with Crippen molar-refractivity contribution in [3.8, 4) is 6.07 Å². The molecule has 0 saturated carbocycles. The molecule has 0 heterocycles. The van der Waals surface area contributed by atoms with E-state index in [1.165, 1.54) is 0 Å². The minimum absolute atomic E-state index is 0.0965. The molecule has 126 valence electrons. The summed E-state index contributed by atoms with van der Waals surface area (Å²) in [6, 6.07) is 8.73. The second kappa shape index (κ2) is 8.53. The van der Waals surface area contributed by atoms with Crippen molar-refractivity contribution in [3.63, 3.8) is 0 Å². The van der Waals surface area contributed by atoms with E-state index in [-0.39, 0.29) is 25.0 Å². The molecule has 0 aromatic heterocycles. The van der Waals surface area contributed by atoms with Gasteiger partial charge in [-0.3, -0.25) is 4.79 Å². The topological polar surface area (TPSA) is 53.3 Å². The van der Waals surface area contributed by atoms with Crippen LogP contribution in [0.5, 0.6) is 0 Å². The molecule has 23 heavy (non-hydrogen) atoms. The zero-order chi connectivity index (χ0) is 17.5. The van der Waals surface area contributed by atoms with Crippen molar-refractivity contribution >= 4 is 5.91 Å². The van der Waals surface area contributed by atoms with E-state index in [0.717, 1.165) is 5.56 Å². The van der Waals surface area contributed by atoms with E-state index in [1.807, 2.05) is 19.9 Å². The molecular formula is C16H19F3N2O2. The number of nitrogens with zero attached hydrogens (tertiary/aromatic N) is 2. The van der Waals surface area contributed by atoms with Gasteiger partial charge in [0, 0.05) is 12.6 Å². The van der Waals surface area contributed by atoms with Crippen molar-refractivity contribution in [2.75, 3.05) is 13.2 Å². The van der Waals surface area contributed by atoms with Crippen molar-refractivity contribution in [1.82, 2.24) is 4.90 Å². The van der Waals surface area contributed by atoms with E-state index in [1.54, 1.807) is 29.2 Å². The normalized spacial score (nSPS) is 11.3. The highest BCUT2D eigenvalue weighted by atomic mass is 19.4. The van der Waals surface area contributed by atoms with Gasteiger partial charge in [0.1, 0.15) is 6.61 Å². The first-order valence-corrected chi connectivity index (χ1v) is 7.16. The third-order valence-electron chi connectivity index (χ3n) is 3.11. The molecule has 7 heteroatoms. The number of rotatable bonds is 7. The molecule has 0 unspecified atom stereocenters. The monoisotopic (exact) mass is 328 g/mol. The van der Waals surface area contributed by atoms with Crippen molar-refractivity contribution in [3.05, 3.63) is 35.4 Å². The van der Waals surface area contributed by atoms with Crippen LogP contribution >= 0.6 is 0 Å². The maximum absolute atomic E-state index is 12.1. The molecule has 0 fully saturated rings. The first-order chi connectivity index (χ1) is 10.7. The molecule has 1 amide bonds. The lowest BCUT2D eigenvalue weighted by Gasteiger charge is -2.27. The lowest BCUT2D eigenvalue weighted by Crippen LogP contribution is -2.37. The predicted octanol–water partition coefficient (Wildman–Crippen LogP) is 3.26. The van der Waals surface area contributed by atoms with Crippen LogP contribution in [0.2, 0.25) is 0 Å². The zero-order valence-corrected chi connectivity index (χ0v) is 13.1. The predicted molar refractivity (Wildman–Crippen MR) is 78.3 cm³/mol. The molecule has 0 bridgehead atoms. The van der Waals surface area contributed by atoms with Crippen molar-refractivity contribution < 1.29 is 22.7 Å². The van der Waals surface area contributed by atoms with Crippen LogP contribution in [0.3, 0.4) is 0 Å². The molecule has 0 saturated heterocycles. The smallest absolute Gasteiger partial charge is 0.372 e. The average molecular weight is 328 g/mol. The third kappa shape index (κ3) is 7.15. The first-order valence-electron chi connectivity index (χ1n) is 7.16. The Morgan fingerprint density at radius 1 is 1.30 bits per heavy atom. The molecule has 0 aliphatic heterocycles. The van der Waals surface area contributed by atoms with Gasteiger partial charge in [0.2, 0.25) is 5.91 Å². The van der Waals surface area contributed by atoms with Gasteiger partial charge in [-0.2, -0.15) is 18.4 Å². The van der Waals surface area contributed by atoms with Gasteiger partial charge in [-0.15, -0.1) is 0 Å². The number of carbonyl (C=O) groups is 1. The summed E-state index contributed by atoms with van der Waals surface area (Å²) in [4.78, 5) is 13.7. The van der Waals surface area contributed by atoms with Gasteiger partial charge in [-0.1, -0.05) is 12.1 Å². The summed E-state index contributed by atoms with van der Waals surface area (Å²) in [6.45, 7) is 2.38. The molecule has 0 aliphatic rings. The van der Waals surface area contributed by atoms with E-state index >= 15 is 0 Å². The zero-order valence-electron chi connectivity index (χ0n) is 13.1. The molecule has 4 nitrogen and oxygen atoms in total. The van der Waals surface area contributed by atoms with Gasteiger partial charge in [0.25, 0.3) is 0 Å². The maximum atomic E-state index is 12.1. The van der Waals surface area contributed by atoms with E-state index in [4.69, 9.17) is 5.26 Å². The van der Waals surface area contributed by atoms with Crippen LogP contribution in [0.15, 0.2) is 24.3 Å². The number of amides is 1. The Morgan fingerprint density at radius 3 is 2.39 bits per heavy atom. The van der Waals surface area contributed by atoms with Gasteiger partial charge in [-0.05, 0) is 31.5 Å². The van der Waals surface area contributed by atoms with E-state index < -0.39 is 12.8 Å². The van der Waals surface area contributed by atoms with Gasteiger partial charge < -0.3 is 9.64 Å². The van der Waals surface area contributed by atoms with E-state index in [9.17, 15) is 18.0 Å². The van der Waals surface area contributed by atoms with Crippen molar-refractivity contribution in [2.45, 2.75) is 39.0 Å². The quantitative estimate of drug-likeness (QED) is 0.722. The Labute approximate surface area is 133 Å². The maximum Gasteiger partial charge on any atom is 0.411 e. The molecule has 1 rings (SSSR count). The molecule has 1 aromatic carbocycles. The summed E-state index contributed by atoms with van der Waals surface area (Å²) >= 11 is 0. The van der Waals surface area contributed by atoms with E-state index in [2.05, 4.69) is 4.74 Å². The summed E-state index contributed by atoms with van der Waals surface area (Å²) in [7, 11) is 0. The number of benzene rings is 1. The summed E-state index contributed by atoms with van der Waals surface area (Å²) in [5.41, 5.74) is 1.37. The highest BCUT2D eigenvalue weighted by Crippen LogP contribution is 2.15. The minimum Gasteiger partial charge on any atom is -0.372 e. The Bertz CT molecular complexity index is 548. The van der Waals surface area contributed by atoms with Gasteiger partial charge in [0.05, 0.1) is 24.7 Å². The Kier molecular flexibility index (Phi) is 7.04. The number of hydrogen-bond donors (Lipinski definition) is 0. The number of alkyl halides is 3. The number of hydrogen-bond acceptors (Lipinski definition) is 3. The Hall–Kier alpha value is -2.07.